The van der Waals surface area contributed by atoms with Crippen molar-refractivity contribution in [2.24, 2.45) is 7.05 Å². The van der Waals surface area contributed by atoms with Gasteiger partial charge in [-0.3, -0.25) is 4.79 Å². The molecule has 6 nitrogen and oxygen atoms in total. The van der Waals surface area contributed by atoms with Crippen molar-refractivity contribution in [3.8, 4) is 0 Å². The van der Waals surface area contributed by atoms with Crippen molar-refractivity contribution in [3.05, 3.63) is 34.7 Å². The van der Waals surface area contributed by atoms with Crippen molar-refractivity contribution in [3.63, 3.8) is 0 Å². The molecule has 2 aromatic rings. The number of hydrogen-bond acceptors (Lipinski definition) is 4. The van der Waals surface area contributed by atoms with E-state index in [1.165, 1.54) is 0 Å². The van der Waals surface area contributed by atoms with E-state index in [0.717, 1.165) is 48.0 Å². The number of nitrogens with zero attached hydrogens (tertiary/aromatic N) is 4. The Balaban J connectivity index is 1.58. The van der Waals surface area contributed by atoms with Crippen LogP contribution < -0.4 is 0 Å². The van der Waals surface area contributed by atoms with Gasteiger partial charge < -0.3 is 14.0 Å². The Kier molecular flexibility index (Phi) is 4.24. The summed E-state index contributed by atoms with van der Waals surface area (Å²) >= 11 is 0. The van der Waals surface area contributed by atoms with Gasteiger partial charge >= 0.3 is 0 Å². The third-order valence-electron chi connectivity index (χ3n) is 4.71. The van der Waals surface area contributed by atoms with Crippen LogP contribution in [0.2, 0.25) is 0 Å². The second-order valence-corrected chi connectivity index (χ2v) is 6.48. The van der Waals surface area contributed by atoms with Gasteiger partial charge in [-0.2, -0.15) is 0 Å². The maximum atomic E-state index is 12.5. The summed E-state index contributed by atoms with van der Waals surface area (Å²) in [5.74, 6) is 2.46. The average molecular weight is 316 g/mol. The zero-order chi connectivity index (χ0) is 16.6. The molecule has 1 aliphatic rings. The zero-order valence-corrected chi connectivity index (χ0v) is 14.3. The quantitative estimate of drug-likeness (QED) is 0.868. The summed E-state index contributed by atoms with van der Waals surface area (Å²) in [4.78, 5) is 19.0. The van der Waals surface area contributed by atoms with Gasteiger partial charge in [-0.05, 0) is 33.6 Å². The third kappa shape index (κ3) is 3.16. The minimum absolute atomic E-state index is 0.207. The van der Waals surface area contributed by atoms with Gasteiger partial charge in [0, 0.05) is 44.2 Å². The Morgan fingerprint density at radius 3 is 2.78 bits per heavy atom. The van der Waals surface area contributed by atoms with Gasteiger partial charge in [-0.1, -0.05) is 5.16 Å². The highest BCUT2D eigenvalue weighted by Crippen LogP contribution is 2.27. The molecule has 1 aliphatic heterocycles. The van der Waals surface area contributed by atoms with Crippen LogP contribution in [0.1, 0.15) is 47.3 Å². The first-order valence-electron chi connectivity index (χ1n) is 8.15. The molecule has 0 unspecified atom stereocenters. The normalized spacial score (nSPS) is 17.9. The minimum atomic E-state index is 0.207. The molecule has 0 saturated carbocycles. The summed E-state index contributed by atoms with van der Waals surface area (Å²) < 4.78 is 7.24. The van der Waals surface area contributed by atoms with E-state index < -0.39 is 0 Å². The van der Waals surface area contributed by atoms with Gasteiger partial charge in [0.2, 0.25) is 5.91 Å². The van der Waals surface area contributed by atoms with Crippen LogP contribution in [0.3, 0.4) is 0 Å². The minimum Gasteiger partial charge on any atom is -0.361 e. The standard InChI is InChI=1S/C17H24N4O2/c1-11-9-20(4)17(18-11)14-7-8-21(10-14)16(22)6-5-15-12(2)19-23-13(15)3/h9,14H,5-8,10H2,1-4H3/t14-/m1/s1. The fourth-order valence-corrected chi connectivity index (χ4v) is 3.46. The van der Waals surface area contributed by atoms with Gasteiger partial charge in [0.15, 0.2) is 0 Å². The lowest BCUT2D eigenvalue weighted by Gasteiger charge is -2.16. The molecule has 2 aromatic heterocycles. The molecule has 0 aromatic carbocycles. The fourth-order valence-electron chi connectivity index (χ4n) is 3.46. The summed E-state index contributed by atoms with van der Waals surface area (Å²) in [5, 5.41) is 3.94. The molecule has 0 radical (unpaired) electrons. The van der Waals surface area contributed by atoms with Crippen LogP contribution in [0.4, 0.5) is 0 Å². The number of imidazole rings is 1. The van der Waals surface area contributed by atoms with Crippen LogP contribution in [-0.2, 0) is 18.3 Å². The number of aromatic nitrogens is 3. The molecular weight excluding hydrogens is 292 g/mol. The molecule has 0 spiro atoms. The lowest BCUT2D eigenvalue weighted by Crippen LogP contribution is -2.29. The maximum absolute atomic E-state index is 12.5. The first-order chi connectivity index (χ1) is 11.0. The van der Waals surface area contributed by atoms with E-state index in [0.29, 0.717) is 18.8 Å². The monoisotopic (exact) mass is 316 g/mol. The first-order valence-corrected chi connectivity index (χ1v) is 8.15. The lowest BCUT2D eigenvalue weighted by molar-refractivity contribution is -0.130. The van der Waals surface area contributed by atoms with Crippen LogP contribution in [-0.4, -0.2) is 38.6 Å². The van der Waals surface area contributed by atoms with Crippen LogP contribution in [0.25, 0.3) is 0 Å². The highest BCUT2D eigenvalue weighted by Gasteiger charge is 2.29. The van der Waals surface area contributed by atoms with Crippen molar-refractivity contribution in [2.45, 2.75) is 46.0 Å². The summed E-state index contributed by atoms with van der Waals surface area (Å²) in [6, 6.07) is 0. The summed E-state index contributed by atoms with van der Waals surface area (Å²) in [5.41, 5.74) is 2.98. The molecule has 6 heteroatoms. The van der Waals surface area contributed by atoms with Crippen LogP contribution in [0, 0.1) is 20.8 Å². The fraction of sp³-hybridized carbons (Fsp3) is 0.588. The Morgan fingerprint density at radius 1 is 1.39 bits per heavy atom. The van der Waals surface area contributed by atoms with E-state index in [1.54, 1.807) is 0 Å². The van der Waals surface area contributed by atoms with Crippen LogP contribution >= 0.6 is 0 Å². The topological polar surface area (TPSA) is 64.2 Å². The molecular formula is C17H24N4O2. The van der Waals surface area contributed by atoms with E-state index in [1.807, 2.05) is 38.9 Å². The van der Waals surface area contributed by atoms with E-state index >= 15 is 0 Å². The molecule has 23 heavy (non-hydrogen) atoms. The van der Waals surface area contributed by atoms with Crippen molar-refractivity contribution in [1.29, 1.82) is 0 Å². The Hall–Kier alpha value is -2.11. The number of rotatable bonds is 4. The lowest BCUT2D eigenvalue weighted by atomic mass is 10.1. The number of likely N-dealkylation sites (tertiary alicyclic amines) is 1. The predicted octanol–water partition coefficient (Wildman–Crippen LogP) is 2.28. The largest absolute Gasteiger partial charge is 0.361 e. The molecule has 1 saturated heterocycles. The molecule has 3 rings (SSSR count). The molecule has 1 amide bonds. The van der Waals surface area contributed by atoms with Crippen molar-refractivity contribution in [1.82, 2.24) is 19.6 Å². The Bertz CT molecular complexity index is 697. The van der Waals surface area contributed by atoms with E-state index in [2.05, 4.69) is 14.7 Å². The molecule has 0 aliphatic carbocycles. The number of amides is 1. The highest BCUT2D eigenvalue weighted by atomic mass is 16.5. The van der Waals surface area contributed by atoms with Crippen LogP contribution in [0.15, 0.2) is 10.7 Å². The molecule has 124 valence electrons. The SMILES string of the molecule is Cc1cn(C)c([C@@H]2CCN(C(=O)CCc3c(C)noc3C)C2)n1. The number of aryl methyl sites for hydroxylation is 4. The van der Waals surface area contributed by atoms with Gasteiger partial charge in [-0.25, -0.2) is 4.98 Å². The van der Waals surface area contributed by atoms with E-state index in [-0.39, 0.29) is 5.91 Å². The Morgan fingerprint density at radius 2 is 2.17 bits per heavy atom. The highest BCUT2D eigenvalue weighted by molar-refractivity contribution is 5.77. The van der Waals surface area contributed by atoms with E-state index in [4.69, 9.17) is 4.52 Å². The molecule has 1 atom stereocenters. The molecule has 0 bridgehead atoms. The summed E-state index contributed by atoms with van der Waals surface area (Å²) in [6.45, 7) is 7.41. The van der Waals surface area contributed by atoms with Crippen molar-refractivity contribution < 1.29 is 9.32 Å². The molecule has 1 fully saturated rings. The van der Waals surface area contributed by atoms with Crippen LogP contribution in [0.5, 0.6) is 0 Å². The number of carbonyl (C=O) groups excluding carboxylic acids is 1. The number of hydrogen-bond donors (Lipinski definition) is 0. The Labute approximate surface area is 136 Å². The third-order valence-corrected chi connectivity index (χ3v) is 4.71. The maximum Gasteiger partial charge on any atom is 0.222 e. The van der Waals surface area contributed by atoms with Crippen molar-refractivity contribution >= 4 is 5.91 Å². The van der Waals surface area contributed by atoms with Gasteiger partial charge in [0.25, 0.3) is 0 Å². The number of carbonyl (C=O) groups is 1. The predicted molar refractivity (Wildman–Crippen MR) is 86.2 cm³/mol. The van der Waals surface area contributed by atoms with E-state index in [9.17, 15) is 4.79 Å². The smallest absolute Gasteiger partial charge is 0.222 e. The second-order valence-electron chi connectivity index (χ2n) is 6.48. The van der Waals surface area contributed by atoms with Gasteiger partial charge in [0.05, 0.1) is 11.4 Å². The second kappa shape index (κ2) is 6.18. The average Bonchev–Trinajstić information content (AvgIpc) is 3.18. The van der Waals surface area contributed by atoms with Crippen molar-refractivity contribution in [2.75, 3.05) is 13.1 Å². The molecule has 3 heterocycles. The summed E-state index contributed by atoms with van der Waals surface area (Å²) in [7, 11) is 2.03. The summed E-state index contributed by atoms with van der Waals surface area (Å²) in [6.07, 6.45) is 4.23. The molecule has 0 N–H and O–H groups in total. The van der Waals surface area contributed by atoms with Gasteiger partial charge in [0.1, 0.15) is 11.6 Å². The van der Waals surface area contributed by atoms with Gasteiger partial charge in [-0.15, -0.1) is 0 Å². The first kappa shape index (κ1) is 15.8. The zero-order valence-electron chi connectivity index (χ0n) is 14.3.